The Morgan fingerprint density at radius 2 is 1.46 bits per heavy atom. The normalized spacial score (nSPS) is 12.8. The topological polar surface area (TPSA) is 29.5 Å². The Kier molecular flexibility index (Phi) is 3.89. The van der Waals surface area contributed by atoms with E-state index in [-0.39, 0.29) is 5.91 Å². The Hall–Kier alpha value is -0.136. The first-order valence-electron chi connectivity index (χ1n) is 4.54. The van der Waals surface area contributed by atoms with Crippen molar-refractivity contribution in [3.63, 3.8) is 0 Å². The maximum Gasteiger partial charge on any atom is 0.233 e. The number of hydrogen-bond donors (Lipinski definition) is 0. The maximum atomic E-state index is 11.3. The smallest absolute Gasteiger partial charge is 0.233 e. The molecule has 0 heterocycles. The van der Waals surface area contributed by atoms with Crippen molar-refractivity contribution in [1.29, 1.82) is 0 Å². The van der Waals surface area contributed by atoms with Crippen LogP contribution in [0.5, 0.6) is 0 Å². The van der Waals surface area contributed by atoms with Gasteiger partial charge in [-0.05, 0) is 39.3 Å². The molecule has 0 aliphatic rings. The minimum absolute atomic E-state index is 0.0293. The molecule has 5 heteroatoms. The summed E-state index contributed by atoms with van der Waals surface area (Å²) < 4.78 is 7.37. The molecule has 0 aromatic carbocycles. The van der Waals surface area contributed by atoms with Crippen LogP contribution in [0, 0.1) is 0 Å². The second-order valence-electron chi connectivity index (χ2n) is 5.19. The van der Waals surface area contributed by atoms with Crippen LogP contribution >= 0.6 is 0 Å². The predicted octanol–water partition coefficient (Wildman–Crippen LogP) is 2.44. The molecule has 0 spiro atoms. The van der Waals surface area contributed by atoms with Crippen molar-refractivity contribution in [1.82, 2.24) is 4.73 Å². The van der Waals surface area contributed by atoms with Crippen molar-refractivity contribution in [2.45, 2.75) is 46.2 Å². The summed E-state index contributed by atoms with van der Waals surface area (Å²) in [6, 6.07) is 0. The van der Waals surface area contributed by atoms with Gasteiger partial charge in [0.1, 0.15) is 0 Å². The zero-order chi connectivity index (χ0) is 10.9. The first-order valence-corrected chi connectivity index (χ1v) is 11.4. The number of hydrogen-bond acceptors (Lipinski definition) is 2. The van der Waals surface area contributed by atoms with Crippen LogP contribution in [0.4, 0.5) is 0 Å². The molecule has 78 valence electrons. The summed E-state index contributed by atoms with van der Waals surface area (Å²) in [5.74, 6) is 0.0293. The second kappa shape index (κ2) is 3.93. The molecule has 0 radical (unpaired) electrons. The Balaban J connectivity index is 4.56. The number of rotatable bonds is 3. The lowest BCUT2D eigenvalue weighted by molar-refractivity contribution is -0.142. The lowest BCUT2D eigenvalue weighted by Crippen LogP contribution is -2.53. The highest BCUT2D eigenvalue weighted by atomic mass is 28.4. The largest absolute Gasteiger partial charge is 0.326 e. The van der Waals surface area contributed by atoms with Gasteiger partial charge in [-0.15, -0.1) is 0 Å². The van der Waals surface area contributed by atoms with Crippen molar-refractivity contribution < 1.29 is 9.32 Å². The van der Waals surface area contributed by atoms with E-state index < -0.39 is 16.6 Å². The van der Waals surface area contributed by atoms with Gasteiger partial charge in [0.2, 0.25) is 14.2 Å². The van der Waals surface area contributed by atoms with Gasteiger partial charge in [0.05, 0.1) is 0 Å². The van der Waals surface area contributed by atoms with E-state index in [2.05, 4.69) is 39.3 Å². The molecule has 0 aromatic rings. The van der Waals surface area contributed by atoms with E-state index >= 15 is 0 Å². The predicted molar refractivity (Wildman–Crippen MR) is 60.3 cm³/mol. The monoisotopic (exact) mass is 219 g/mol. The van der Waals surface area contributed by atoms with Gasteiger partial charge in [-0.2, -0.15) is 0 Å². The van der Waals surface area contributed by atoms with Crippen molar-refractivity contribution >= 4 is 22.5 Å². The summed E-state index contributed by atoms with van der Waals surface area (Å²) in [6.45, 7) is 14.1. The van der Waals surface area contributed by atoms with E-state index in [4.69, 9.17) is 4.53 Å². The van der Waals surface area contributed by atoms with Gasteiger partial charge in [-0.25, -0.2) is 0 Å². The van der Waals surface area contributed by atoms with Crippen LogP contribution in [-0.4, -0.2) is 27.2 Å². The number of amides is 1. The molecule has 0 N–H and O–H groups in total. The number of hydroxylamine groups is 1. The molecule has 3 nitrogen and oxygen atoms in total. The third-order valence-electron chi connectivity index (χ3n) is 1.26. The van der Waals surface area contributed by atoms with Gasteiger partial charge in [0, 0.05) is 6.92 Å². The summed E-state index contributed by atoms with van der Waals surface area (Å²) in [6.07, 6.45) is 0. The van der Waals surface area contributed by atoms with Gasteiger partial charge < -0.3 is 4.53 Å². The van der Waals surface area contributed by atoms with Crippen LogP contribution in [-0.2, 0) is 9.32 Å². The standard InChI is InChI=1S/C8H21NO2Si2/c1-8(10)9(12(2,3)4)11-13(5,6)7/h1-7H3. The Labute approximate surface area is 83.2 Å². The Morgan fingerprint density at radius 1 is 1.08 bits per heavy atom. The summed E-state index contributed by atoms with van der Waals surface area (Å²) >= 11 is 0. The van der Waals surface area contributed by atoms with Gasteiger partial charge >= 0.3 is 0 Å². The highest BCUT2D eigenvalue weighted by Gasteiger charge is 2.32. The molecule has 0 bridgehead atoms. The van der Waals surface area contributed by atoms with Gasteiger partial charge in [0.15, 0.2) is 8.24 Å². The van der Waals surface area contributed by atoms with Crippen molar-refractivity contribution in [3.05, 3.63) is 0 Å². The fraction of sp³-hybridized carbons (Fsp3) is 0.875. The van der Waals surface area contributed by atoms with Crippen molar-refractivity contribution in [3.8, 4) is 0 Å². The quantitative estimate of drug-likeness (QED) is 0.539. The minimum atomic E-state index is -1.66. The fourth-order valence-electron chi connectivity index (χ4n) is 0.947. The van der Waals surface area contributed by atoms with E-state index in [9.17, 15) is 4.79 Å². The zero-order valence-corrected chi connectivity index (χ0v) is 11.8. The lowest BCUT2D eigenvalue weighted by Gasteiger charge is -2.37. The van der Waals surface area contributed by atoms with Crippen LogP contribution < -0.4 is 0 Å². The molecule has 0 aromatic heterocycles. The molecule has 1 amide bonds. The summed E-state index contributed by atoms with van der Waals surface area (Å²) in [4.78, 5) is 11.3. The fourth-order valence-corrected chi connectivity index (χ4v) is 4.49. The first kappa shape index (κ1) is 12.9. The van der Waals surface area contributed by atoms with Gasteiger partial charge in [0.25, 0.3) is 0 Å². The van der Waals surface area contributed by atoms with Crippen molar-refractivity contribution in [2.75, 3.05) is 0 Å². The van der Waals surface area contributed by atoms with Crippen LogP contribution in [0.2, 0.25) is 39.3 Å². The van der Waals surface area contributed by atoms with E-state index in [1.54, 1.807) is 11.7 Å². The van der Waals surface area contributed by atoms with E-state index in [0.29, 0.717) is 0 Å². The summed E-state index contributed by atoms with van der Waals surface area (Å²) in [7, 11) is -3.32. The van der Waals surface area contributed by atoms with E-state index in [1.807, 2.05) is 0 Å². The molecule has 0 unspecified atom stereocenters. The van der Waals surface area contributed by atoms with Crippen LogP contribution in [0.25, 0.3) is 0 Å². The third kappa shape index (κ3) is 5.22. The molecule has 0 aliphatic heterocycles. The van der Waals surface area contributed by atoms with Gasteiger partial charge in [-0.1, -0.05) is 0 Å². The molecule has 0 saturated carbocycles. The van der Waals surface area contributed by atoms with Crippen molar-refractivity contribution in [2.24, 2.45) is 0 Å². The molecule has 0 aliphatic carbocycles. The number of carbonyl (C=O) groups is 1. The SMILES string of the molecule is CC(=O)N(O[Si](C)(C)C)[Si](C)(C)C. The average molecular weight is 219 g/mol. The lowest BCUT2D eigenvalue weighted by atomic mass is 10.8. The van der Waals surface area contributed by atoms with Crippen LogP contribution in [0.15, 0.2) is 0 Å². The highest BCUT2D eigenvalue weighted by molar-refractivity contribution is 6.76. The zero-order valence-electron chi connectivity index (χ0n) is 9.76. The maximum absolute atomic E-state index is 11.3. The first-order chi connectivity index (χ1) is 5.54. The molecule has 0 saturated heterocycles. The summed E-state index contributed by atoms with van der Waals surface area (Å²) in [5, 5.41) is 0. The molecule has 0 fully saturated rings. The Morgan fingerprint density at radius 3 is 1.54 bits per heavy atom. The van der Waals surface area contributed by atoms with Gasteiger partial charge in [-0.3, -0.25) is 9.52 Å². The third-order valence-corrected chi connectivity index (χ3v) is 3.80. The minimum Gasteiger partial charge on any atom is -0.326 e. The molecule has 13 heavy (non-hydrogen) atoms. The van der Waals surface area contributed by atoms with Crippen LogP contribution in [0.1, 0.15) is 6.92 Å². The number of nitrogens with zero attached hydrogens (tertiary/aromatic N) is 1. The summed E-state index contributed by atoms with van der Waals surface area (Å²) in [5.41, 5.74) is 0. The Bertz CT molecular complexity index is 193. The highest BCUT2D eigenvalue weighted by Crippen LogP contribution is 2.15. The molecular weight excluding hydrogens is 198 g/mol. The van der Waals surface area contributed by atoms with Crippen LogP contribution in [0.3, 0.4) is 0 Å². The molecule has 0 rings (SSSR count). The second-order valence-corrected chi connectivity index (χ2v) is 14.3. The average Bonchev–Trinajstić information content (AvgIpc) is 1.77. The molecule has 0 atom stereocenters. The number of carbonyl (C=O) groups excluding carboxylic acids is 1. The molecular formula is C8H21NO2Si2. The van der Waals surface area contributed by atoms with E-state index in [0.717, 1.165) is 0 Å². The van der Waals surface area contributed by atoms with E-state index in [1.165, 1.54) is 0 Å².